The first-order chi connectivity index (χ1) is 14.0. The SMILES string of the molecule is N[C@@H](CCCCNC(=O)Cc1ccc2ccc3cccc4ccc1c2c34)C(=O)O. The molecule has 1 atom stereocenters. The summed E-state index contributed by atoms with van der Waals surface area (Å²) >= 11 is 0. The van der Waals surface area contributed by atoms with Crippen molar-refractivity contribution in [2.24, 2.45) is 5.73 Å². The van der Waals surface area contributed by atoms with Gasteiger partial charge >= 0.3 is 5.97 Å². The molecule has 0 saturated heterocycles. The van der Waals surface area contributed by atoms with Crippen LogP contribution in [0, 0.1) is 0 Å². The minimum atomic E-state index is -0.983. The summed E-state index contributed by atoms with van der Waals surface area (Å²) in [5, 5.41) is 18.9. The van der Waals surface area contributed by atoms with Crippen molar-refractivity contribution < 1.29 is 14.7 Å². The Bertz CT molecular complexity index is 1170. The van der Waals surface area contributed by atoms with Gasteiger partial charge in [0.05, 0.1) is 6.42 Å². The third kappa shape index (κ3) is 3.87. The van der Waals surface area contributed by atoms with Crippen molar-refractivity contribution in [1.29, 1.82) is 0 Å². The zero-order chi connectivity index (χ0) is 20.4. The fourth-order valence-corrected chi connectivity index (χ4v) is 4.03. The van der Waals surface area contributed by atoms with Crippen LogP contribution in [0.5, 0.6) is 0 Å². The average Bonchev–Trinajstić information content (AvgIpc) is 2.72. The van der Waals surface area contributed by atoms with Crippen LogP contribution in [0.25, 0.3) is 32.3 Å². The van der Waals surface area contributed by atoms with Gasteiger partial charge in [-0.25, -0.2) is 0 Å². The van der Waals surface area contributed by atoms with E-state index < -0.39 is 12.0 Å². The molecule has 0 aromatic heterocycles. The molecule has 0 saturated carbocycles. The Morgan fingerprint density at radius 2 is 1.55 bits per heavy atom. The summed E-state index contributed by atoms with van der Waals surface area (Å²) in [5.74, 6) is -1.01. The minimum absolute atomic E-state index is 0.0254. The predicted octanol–water partition coefficient (Wildman–Crippen LogP) is 3.82. The fourth-order valence-electron chi connectivity index (χ4n) is 4.03. The van der Waals surface area contributed by atoms with Crippen molar-refractivity contribution in [2.75, 3.05) is 6.54 Å². The second-order valence-electron chi connectivity index (χ2n) is 7.55. The van der Waals surface area contributed by atoms with Crippen molar-refractivity contribution in [1.82, 2.24) is 5.32 Å². The molecule has 4 N–H and O–H groups in total. The summed E-state index contributed by atoms with van der Waals surface area (Å²) in [6.45, 7) is 0.525. The average molecular weight is 388 g/mol. The summed E-state index contributed by atoms with van der Waals surface area (Å²) in [6.07, 6.45) is 2.13. The van der Waals surface area contributed by atoms with Crippen molar-refractivity contribution >= 4 is 44.2 Å². The Morgan fingerprint density at radius 3 is 2.28 bits per heavy atom. The molecule has 0 heterocycles. The van der Waals surface area contributed by atoms with Crippen LogP contribution in [0.15, 0.2) is 54.6 Å². The van der Waals surface area contributed by atoms with Crippen LogP contribution >= 0.6 is 0 Å². The summed E-state index contributed by atoms with van der Waals surface area (Å²) in [4.78, 5) is 23.2. The number of nitrogens with one attached hydrogen (secondary N) is 1. The first kappa shape index (κ1) is 19.2. The van der Waals surface area contributed by atoms with E-state index >= 15 is 0 Å². The number of carboxylic acids is 1. The van der Waals surface area contributed by atoms with Crippen LogP contribution in [0.4, 0.5) is 0 Å². The molecule has 0 aliphatic rings. The number of carbonyl (C=O) groups is 2. The highest BCUT2D eigenvalue weighted by atomic mass is 16.4. The number of carbonyl (C=O) groups excluding carboxylic acids is 1. The highest BCUT2D eigenvalue weighted by molar-refractivity contribution is 6.23. The molecule has 29 heavy (non-hydrogen) atoms. The molecule has 5 nitrogen and oxygen atoms in total. The molecule has 148 valence electrons. The third-order valence-electron chi connectivity index (χ3n) is 5.55. The zero-order valence-corrected chi connectivity index (χ0v) is 16.2. The van der Waals surface area contributed by atoms with Crippen LogP contribution in [0.3, 0.4) is 0 Å². The van der Waals surface area contributed by atoms with E-state index in [0.717, 1.165) is 10.9 Å². The maximum Gasteiger partial charge on any atom is 0.320 e. The molecule has 4 rings (SSSR count). The number of unbranched alkanes of at least 4 members (excludes halogenated alkanes) is 1. The summed E-state index contributed by atoms with van der Waals surface area (Å²) < 4.78 is 0. The van der Waals surface area contributed by atoms with Gasteiger partial charge in [-0.15, -0.1) is 0 Å². The largest absolute Gasteiger partial charge is 0.480 e. The topological polar surface area (TPSA) is 92.4 Å². The van der Waals surface area contributed by atoms with E-state index in [1.807, 2.05) is 6.07 Å². The van der Waals surface area contributed by atoms with Crippen molar-refractivity contribution in [3.8, 4) is 0 Å². The van der Waals surface area contributed by atoms with Gasteiger partial charge in [-0.1, -0.05) is 54.6 Å². The zero-order valence-electron chi connectivity index (χ0n) is 16.2. The lowest BCUT2D eigenvalue weighted by Crippen LogP contribution is -2.30. The highest BCUT2D eigenvalue weighted by Gasteiger charge is 2.13. The molecular formula is C24H24N2O3. The highest BCUT2D eigenvalue weighted by Crippen LogP contribution is 2.35. The second-order valence-corrected chi connectivity index (χ2v) is 7.55. The maximum atomic E-state index is 12.4. The van der Waals surface area contributed by atoms with Crippen LogP contribution < -0.4 is 11.1 Å². The Morgan fingerprint density at radius 1 is 0.897 bits per heavy atom. The second kappa shape index (κ2) is 8.05. The number of nitrogens with two attached hydrogens (primary N) is 1. The van der Waals surface area contributed by atoms with Gasteiger partial charge in [-0.05, 0) is 57.1 Å². The van der Waals surface area contributed by atoms with Gasteiger partial charge in [0, 0.05) is 6.54 Å². The molecule has 1 amide bonds. The fraction of sp³-hybridized carbons (Fsp3) is 0.250. The Kier molecular flexibility index (Phi) is 5.32. The van der Waals surface area contributed by atoms with E-state index in [1.54, 1.807) is 0 Å². The molecule has 4 aromatic rings. The lowest BCUT2D eigenvalue weighted by atomic mass is 9.91. The number of hydrogen-bond donors (Lipinski definition) is 3. The quantitative estimate of drug-likeness (QED) is 0.316. The number of carboxylic acid groups (broad SMARTS) is 1. The van der Waals surface area contributed by atoms with Crippen molar-refractivity contribution in [3.05, 3.63) is 60.2 Å². The van der Waals surface area contributed by atoms with Crippen molar-refractivity contribution in [2.45, 2.75) is 31.7 Å². The molecule has 5 heteroatoms. The van der Waals surface area contributed by atoms with Gasteiger partial charge in [0.25, 0.3) is 0 Å². The monoisotopic (exact) mass is 388 g/mol. The van der Waals surface area contributed by atoms with Crippen LogP contribution in [0.1, 0.15) is 24.8 Å². The Hall–Kier alpha value is -3.18. The van der Waals surface area contributed by atoms with E-state index in [0.29, 0.717) is 32.2 Å². The molecule has 0 aliphatic carbocycles. The van der Waals surface area contributed by atoms with E-state index in [-0.39, 0.29) is 5.91 Å². The molecule has 0 fully saturated rings. The smallest absolute Gasteiger partial charge is 0.320 e. The number of hydrogen-bond acceptors (Lipinski definition) is 3. The number of benzene rings is 4. The number of aliphatic carboxylic acids is 1. The molecule has 0 radical (unpaired) electrons. The first-order valence-corrected chi connectivity index (χ1v) is 9.95. The lowest BCUT2D eigenvalue weighted by molar-refractivity contribution is -0.138. The van der Waals surface area contributed by atoms with Crippen molar-refractivity contribution in [3.63, 3.8) is 0 Å². The minimum Gasteiger partial charge on any atom is -0.480 e. The molecule has 0 unspecified atom stereocenters. The Labute approximate surface area is 168 Å². The standard InChI is InChI=1S/C24H24N2O3/c25-20(24(28)29)6-1-2-13-26-21(27)14-18-10-9-17-8-7-15-4-3-5-16-11-12-19(18)23(17)22(15)16/h3-5,7-12,20H,1-2,6,13-14,25H2,(H,26,27)(H,28,29)/t20-/m0/s1. The maximum absolute atomic E-state index is 12.4. The Balaban J connectivity index is 1.47. The third-order valence-corrected chi connectivity index (χ3v) is 5.55. The molecule has 0 spiro atoms. The molecule has 4 aromatic carbocycles. The van der Waals surface area contributed by atoms with Crippen LogP contribution in [-0.4, -0.2) is 29.6 Å². The van der Waals surface area contributed by atoms with Gasteiger partial charge in [-0.2, -0.15) is 0 Å². The van der Waals surface area contributed by atoms with Gasteiger partial charge in [-0.3, -0.25) is 9.59 Å². The van der Waals surface area contributed by atoms with Gasteiger partial charge in [0.2, 0.25) is 5.91 Å². The van der Waals surface area contributed by atoms with E-state index in [1.165, 1.54) is 26.9 Å². The van der Waals surface area contributed by atoms with Gasteiger partial charge in [0.15, 0.2) is 0 Å². The summed E-state index contributed by atoms with van der Waals surface area (Å²) in [6, 6.07) is 18.1. The molecular weight excluding hydrogens is 364 g/mol. The normalized spacial score (nSPS) is 12.6. The molecule has 0 bridgehead atoms. The molecule has 0 aliphatic heterocycles. The summed E-state index contributed by atoms with van der Waals surface area (Å²) in [5.41, 5.74) is 6.50. The number of rotatable bonds is 8. The lowest BCUT2D eigenvalue weighted by Gasteiger charge is -2.14. The summed E-state index contributed by atoms with van der Waals surface area (Å²) in [7, 11) is 0. The van der Waals surface area contributed by atoms with Crippen LogP contribution in [0.2, 0.25) is 0 Å². The van der Waals surface area contributed by atoms with E-state index in [2.05, 4.69) is 53.8 Å². The predicted molar refractivity (Wildman–Crippen MR) is 116 cm³/mol. The van der Waals surface area contributed by atoms with Gasteiger partial charge < -0.3 is 16.2 Å². The van der Waals surface area contributed by atoms with Gasteiger partial charge in [0.1, 0.15) is 6.04 Å². The first-order valence-electron chi connectivity index (χ1n) is 9.95. The van der Waals surface area contributed by atoms with E-state index in [4.69, 9.17) is 10.8 Å². The van der Waals surface area contributed by atoms with Crippen LogP contribution in [-0.2, 0) is 16.0 Å². The number of amides is 1. The van der Waals surface area contributed by atoms with E-state index in [9.17, 15) is 9.59 Å².